The summed E-state index contributed by atoms with van der Waals surface area (Å²) in [6.45, 7) is 12.2. The summed E-state index contributed by atoms with van der Waals surface area (Å²) in [5.74, 6) is 0.625. The quantitative estimate of drug-likeness (QED) is 0.594. The van der Waals surface area contributed by atoms with E-state index in [-0.39, 0.29) is 30.4 Å². The third kappa shape index (κ3) is 6.84. The Morgan fingerprint density at radius 3 is 2.29 bits per heavy atom. The van der Waals surface area contributed by atoms with Gasteiger partial charge in [-0.05, 0) is 55.9 Å². The summed E-state index contributed by atoms with van der Waals surface area (Å²) in [6.07, 6.45) is 0.833. The minimum absolute atomic E-state index is 0.0551. The van der Waals surface area contributed by atoms with Gasteiger partial charge in [0.2, 0.25) is 5.91 Å². The maximum absolute atomic E-state index is 13.2. The van der Waals surface area contributed by atoms with Crippen LogP contribution in [0.5, 0.6) is 5.75 Å². The molecule has 1 N–H and O–H groups in total. The average Bonchev–Trinajstić information content (AvgIpc) is 2.76. The second kappa shape index (κ2) is 11.5. The molecule has 0 aliphatic carbocycles. The minimum atomic E-state index is -0.606. The number of para-hydroxylation sites is 1. The van der Waals surface area contributed by atoms with Crippen LogP contribution in [-0.2, 0) is 16.1 Å². The lowest BCUT2D eigenvalue weighted by atomic mass is 10.0. The number of carbonyl (C=O) groups is 2. The van der Waals surface area contributed by atoms with Crippen LogP contribution in [0, 0.1) is 6.92 Å². The van der Waals surface area contributed by atoms with Crippen LogP contribution in [-0.4, -0.2) is 35.4 Å². The zero-order chi connectivity index (χ0) is 23.0. The van der Waals surface area contributed by atoms with Crippen LogP contribution in [0.4, 0.5) is 0 Å². The molecule has 0 saturated carbocycles. The third-order valence-corrected chi connectivity index (χ3v) is 5.66. The summed E-state index contributed by atoms with van der Waals surface area (Å²) in [4.78, 5) is 27.6. The van der Waals surface area contributed by atoms with E-state index in [1.807, 2.05) is 69.3 Å². The molecule has 0 aliphatic heterocycles. The van der Waals surface area contributed by atoms with Gasteiger partial charge in [-0.25, -0.2) is 0 Å². The fourth-order valence-electron chi connectivity index (χ4n) is 3.33. The van der Waals surface area contributed by atoms with E-state index >= 15 is 0 Å². The summed E-state index contributed by atoms with van der Waals surface area (Å²) in [7, 11) is 0. The maximum Gasteiger partial charge on any atom is 0.261 e. The highest BCUT2D eigenvalue weighted by molar-refractivity contribution is 5.88. The number of amides is 2. The average molecular weight is 425 g/mol. The van der Waals surface area contributed by atoms with Crippen molar-refractivity contribution in [2.75, 3.05) is 6.61 Å². The SMILES string of the molecule is CC[C@H](C)NC(=O)[C@H](C)N(Cc1ccccc1C)C(=O)COc1ccccc1C(C)C. The van der Waals surface area contributed by atoms with Crippen molar-refractivity contribution >= 4 is 11.8 Å². The Kier molecular flexibility index (Phi) is 9.10. The van der Waals surface area contributed by atoms with Crippen molar-refractivity contribution in [1.29, 1.82) is 0 Å². The Morgan fingerprint density at radius 1 is 1.00 bits per heavy atom. The minimum Gasteiger partial charge on any atom is -0.483 e. The molecule has 2 rings (SSSR count). The molecule has 2 atom stereocenters. The lowest BCUT2D eigenvalue weighted by Crippen LogP contribution is -2.50. The zero-order valence-electron chi connectivity index (χ0n) is 19.6. The molecular weight excluding hydrogens is 388 g/mol. The van der Waals surface area contributed by atoms with Crippen LogP contribution in [0.15, 0.2) is 48.5 Å². The van der Waals surface area contributed by atoms with Crippen LogP contribution in [0.2, 0.25) is 0 Å². The molecule has 5 nitrogen and oxygen atoms in total. The summed E-state index contributed by atoms with van der Waals surface area (Å²) in [6, 6.07) is 15.1. The Labute approximate surface area is 186 Å². The van der Waals surface area contributed by atoms with Gasteiger partial charge >= 0.3 is 0 Å². The van der Waals surface area contributed by atoms with Gasteiger partial charge in [0.15, 0.2) is 6.61 Å². The zero-order valence-corrected chi connectivity index (χ0v) is 19.6. The molecule has 0 bridgehead atoms. The predicted molar refractivity (Wildman–Crippen MR) is 125 cm³/mol. The molecule has 0 radical (unpaired) electrons. The van der Waals surface area contributed by atoms with Crippen molar-refractivity contribution in [2.45, 2.75) is 72.5 Å². The molecule has 0 unspecified atom stereocenters. The van der Waals surface area contributed by atoms with E-state index in [9.17, 15) is 9.59 Å². The molecule has 2 aromatic rings. The molecule has 5 heteroatoms. The summed E-state index contributed by atoms with van der Waals surface area (Å²) < 4.78 is 5.92. The van der Waals surface area contributed by atoms with E-state index in [0.29, 0.717) is 12.3 Å². The molecule has 0 fully saturated rings. The molecule has 168 valence electrons. The van der Waals surface area contributed by atoms with E-state index in [0.717, 1.165) is 23.1 Å². The van der Waals surface area contributed by atoms with E-state index in [4.69, 9.17) is 4.74 Å². The van der Waals surface area contributed by atoms with E-state index in [1.54, 1.807) is 11.8 Å². The van der Waals surface area contributed by atoms with E-state index < -0.39 is 6.04 Å². The van der Waals surface area contributed by atoms with Crippen LogP contribution >= 0.6 is 0 Å². The Balaban J connectivity index is 2.21. The van der Waals surface area contributed by atoms with Gasteiger partial charge in [0, 0.05) is 12.6 Å². The number of nitrogens with one attached hydrogen (secondary N) is 1. The number of ether oxygens (including phenoxy) is 1. The highest BCUT2D eigenvalue weighted by atomic mass is 16.5. The van der Waals surface area contributed by atoms with Crippen LogP contribution in [0.25, 0.3) is 0 Å². The van der Waals surface area contributed by atoms with Crippen molar-refractivity contribution in [3.8, 4) is 5.75 Å². The lowest BCUT2D eigenvalue weighted by Gasteiger charge is -2.30. The number of nitrogens with zero attached hydrogens (tertiary/aromatic N) is 1. The number of hydrogen-bond donors (Lipinski definition) is 1. The Morgan fingerprint density at radius 2 is 1.65 bits per heavy atom. The van der Waals surface area contributed by atoms with E-state index in [1.165, 1.54) is 0 Å². The maximum atomic E-state index is 13.2. The van der Waals surface area contributed by atoms with Gasteiger partial charge in [-0.3, -0.25) is 9.59 Å². The smallest absolute Gasteiger partial charge is 0.261 e. The van der Waals surface area contributed by atoms with Gasteiger partial charge < -0.3 is 15.0 Å². The van der Waals surface area contributed by atoms with Crippen molar-refractivity contribution in [3.63, 3.8) is 0 Å². The van der Waals surface area contributed by atoms with Gasteiger partial charge in [0.05, 0.1) is 0 Å². The topological polar surface area (TPSA) is 58.6 Å². The molecule has 2 amide bonds. The number of carbonyl (C=O) groups excluding carboxylic acids is 2. The fraction of sp³-hybridized carbons (Fsp3) is 0.462. The second-order valence-electron chi connectivity index (χ2n) is 8.42. The van der Waals surface area contributed by atoms with Crippen LogP contribution in [0.1, 0.15) is 63.6 Å². The summed E-state index contributed by atoms with van der Waals surface area (Å²) in [5.41, 5.74) is 3.16. The summed E-state index contributed by atoms with van der Waals surface area (Å²) in [5, 5.41) is 2.99. The lowest BCUT2D eigenvalue weighted by molar-refractivity contribution is -0.142. The van der Waals surface area contributed by atoms with Gasteiger partial charge in [0.25, 0.3) is 5.91 Å². The van der Waals surface area contributed by atoms with Gasteiger partial charge in [0.1, 0.15) is 11.8 Å². The molecule has 31 heavy (non-hydrogen) atoms. The predicted octanol–water partition coefficient (Wildman–Crippen LogP) is 4.83. The van der Waals surface area contributed by atoms with E-state index in [2.05, 4.69) is 19.2 Å². The third-order valence-electron chi connectivity index (χ3n) is 5.66. The van der Waals surface area contributed by atoms with Gasteiger partial charge in [-0.15, -0.1) is 0 Å². The number of hydrogen-bond acceptors (Lipinski definition) is 3. The van der Waals surface area contributed by atoms with Crippen molar-refractivity contribution in [2.24, 2.45) is 0 Å². The van der Waals surface area contributed by atoms with Crippen LogP contribution < -0.4 is 10.1 Å². The van der Waals surface area contributed by atoms with Crippen molar-refractivity contribution in [3.05, 3.63) is 65.2 Å². The number of rotatable bonds is 10. The molecule has 0 aliphatic rings. The molecular formula is C26H36N2O3. The molecule has 0 spiro atoms. The highest BCUT2D eigenvalue weighted by Crippen LogP contribution is 2.26. The first-order valence-electron chi connectivity index (χ1n) is 11.1. The Bertz CT molecular complexity index is 878. The molecule has 0 heterocycles. The molecule has 0 aromatic heterocycles. The first-order chi connectivity index (χ1) is 14.7. The summed E-state index contributed by atoms with van der Waals surface area (Å²) >= 11 is 0. The Hall–Kier alpha value is -2.82. The molecule has 0 saturated heterocycles. The number of benzene rings is 2. The second-order valence-corrected chi connectivity index (χ2v) is 8.42. The van der Waals surface area contributed by atoms with Crippen molar-refractivity contribution < 1.29 is 14.3 Å². The van der Waals surface area contributed by atoms with Gasteiger partial charge in [-0.2, -0.15) is 0 Å². The highest BCUT2D eigenvalue weighted by Gasteiger charge is 2.27. The van der Waals surface area contributed by atoms with Crippen LogP contribution in [0.3, 0.4) is 0 Å². The monoisotopic (exact) mass is 424 g/mol. The first kappa shape index (κ1) is 24.4. The number of aryl methyl sites for hydroxylation is 1. The van der Waals surface area contributed by atoms with Crippen molar-refractivity contribution in [1.82, 2.24) is 10.2 Å². The largest absolute Gasteiger partial charge is 0.483 e. The fourth-order valence-corrected chi connectivity index (χ4v) is 3.33. The molecule has 2 aromatic carbocycles. The van der Waals surface area contributed by atoms with Gasteiger partial charge in [-0.1, -0.05) is 63.2 Å². The standard InChI is InChI=1S/C26H36N2O3/c1-7-20(5)27-26(30)21(6)28(16-22-13-9-8-12-19(22)4)25(29)17-31-24-15-11-10-14-23(24)18(2)3/h8-15,18,20-21H,7,16-17H2,1-6H3,(H,27,30)/t20-,21-/m0/s1. The normalized spacial score (nSPS) is 12.9. The first-order valence-corrected chi connectivity index (χ1v) is 11.1.